The van der Waals surface area contributed by atoms with Crippen molar-refractivity contribution < 1.29 is 28.9 Å². The molecule has 2 aromatic heterocycles. The third-order valence-corrected chi connectivity index (χ3v) is 12.9. The number of nitrogens with zero attached hydrogens (tertiary/aromatic N) is 3. The summed E-state index contributed by atoms with van der Waals surface area (Å²) < 4.78 is 18.0. The molecule has 3 N–H and O–H groups in total. The Morgan fingerprint density at radius 2 is 1.85 bits per heavy atom. The molecule has 3 aliphatic heterocycles. The number of pyridine rings is 2. The standard InChI is InChI=1S/C42H47Cl2N5O6/c1-53-39-24(19-45-20-26-11-16-37(50)46-26)10-13-34(47-39)31-8-4-7-30(38(31)44)27-5-3-6-29-28(27)12-15-36(29)55-41-33(43)18-25(40(48-41)54-2)22-49-21-23-9-14-35(49)32(17-23)42(51)52/h3-8,10,13,18,23,26-28,32,35-36,45H,9,11-12,14-17,19-22H2,1-2H3,(H,46,50)(H,51,52)/t23?,26-,27?,28?,32?,35?,36-/m0/s1. The van der Waals surface area contributed by atoms with Gasteiger partial charge in [0.2, 0.25) is 23.5 Å². The minimum atomic E-state index is -0.716. The number of fused-ring (bicyclic) bond motifs is 4. The number of aliphatic carboxylic acids is 1. The van der Waals surface area contributed by atoms with Gasteiger partial charge in [0.05, 0.1) is 30.9 Å². The van der Waals surface area contributed by atoms with Crippen molar-refractivity contribution in [3.05, 3.63) is 86.9 Å². The van der Waals surface area contributed by atoms with Crippen LogP contribution in [0, 0.1) is 17.8 Å². The largest absolute Gasteiger partial charge is 0.481 e. The van der Waals surface area contributed by atoms with Gasteiger partial charge in [-0.1, -0.05) is 65.7 Å². The van der Waals surface area contributed by atoms with Crippen molar-refractivity contribution in [1.29, 1.82) is 0 Å². The lowest BCUT2D eigenvalue weighted by atomic mass is 9.72. The first kappa shape index (κ1) is 37.7. The SMILES string of the molecule is COc1nc(-c2cccc(C3C=CC=C4C3CC[C@@H]4Oc3nc(OC)c(CN4CC5CCC4C(C(=O)O)C5)cc3Cl)c2Cl)ccc1CNC[C@@H]1CCC(=O)N1. The highest BCUT2D eigenvalue weighted by Gasteiger charge is 2.44. The summed E-state index contributed by atoms with van der Waals surface area (Å²) in [5, 5.41) is 17.3. The van der Waals surface area contributed by atoms with E-state index in [-0.39, 0.29) is 41.8 Å². The second kappa shape index (κ2) is 16.1. The highest BCUT2D eigenvalue weighted by molar-refractivity contribution is 6.34. The molecule has 13 heteroatoms. The van der Waals surface area contributed by atoms with Crippen molar-refractivity contribution in [2.75, 3.05) is 27.3 Å². The average Bonchev–Trinajstić information content (AvgIpc) is 3.81. The predicted octanol–water partition coefficient (Wildman–Crippen LogP) is 6.96. The Balaban J connectivity index is 0.955. The van der Waals surface area contributed by atoms with Gasteiger partial charge in [0.1, 0.15) is 11.1 Å². The molecule has 5 heterocycles. The Hall–Kier alpha value is -4.16. The van der Waals surface area contributed by atoms with Crippen LogP contribution in [0.3, 0.4) is 0 Å². The van der Waals surface area contributed by atoms with Crippen LogP contribution in [0.4, 0.5) is 0 Å². The molecule has 55 heavy (non-hydrogen) atoms. The number of carboxylic acid groups (broad SMARTS) is 1. The third-order valence-electron chi connectivity index (χ3n) is 12.2. The molecule has 6 aliphatic rings. The van der Waals surface area contributed by atoms with E-state index in [0.29, 0.717) is 59.7 Å². The van der Waals surface area contributed by atoms with Crippen LogP contribution in [0.5, 0.6) is 17.6 Å². The highest BCUT2D eigenvalue weighted by Crippen LogP contribution is 2.49. The van der Waals surface area contributed by atoms with Crippen LogP contribution in [0.25, 0.3) is 11.3 Å². The van der Waals surface area contributed by atoms with E-state index in [9.17, 15) is 14.7 Å². The van der Waals surface area contributed by atoms with E-state index in [2.05, 4.69) is 39.8 Å². The van der Waals surface area contributed by atoms with E-state index < -0.39 is 5.97 Å². The zero-order valence-corrected chi connectivity index (χ0v) is 32.6. The average molecular weight is 789 g/mol. The monoisotopic (exact) mass is 787 g/mol. The zero-order valence-electron chi connectivity index (χ0n) is 31.1. The number of benzene rings is 1. The lowest BCUT2D eigenvalue weighted by molar-refractivity contribution is -0.150. The summed E-state index contributed by atoms with van der Waals surface area (Å²) in [4.78, 5) is 35.4. The Bertz CT molecular complexity index is 2020. The zero-order chi connectivity index (χ0) is 38.2. The number of allylic oxidation sites excluding steroid dienone is 3. The fourth-order valence-corrected chi connectivity index (χ4v) is 10.1. The summed E-state index contributed by atoms with van der Waals surface area (Å²) in [6.45, 7) is 2.64. The van der Waals surface area contributed by atoms with Crippen molar-refractivity contribution in [3.8, 4) is 28.9 Å². The van der Waals surface area contributed by atoms with E-state index in [4.69, 9.17) is 47.4 Å². The molecular weight excluding hydrogens is 741 g/mol. The van der Waals surface area contributed by atoms with Crippen molar-refractivity contribution in [2.45, 2.75) is 82.1 Å². The van der Waals surface area contributed by atoms with Crippen LogP contribution in [0.15, 0.2) is 60.2 Å². The van der Waals surface area contributed by atoms with E-state index in [1.165, 1.54) is 5.57 Å². The van der Waals surface area contributed by atoms with Gasteiger partial charge in [0, 0.05) is 67.3 Å². The number of hydrogen-bond acceptors (Lipinski definition) is 9. The molecule has 1 amide bonds. The minimum Gasteiger partial charge on any atom is -0.481 e. The number of piperidine rings is 2. The summed E-state index contributed by atoms with van der Waals surface area (Å²) in [6, 6.07) is 12.1. The molecule has 2 bridgehead atoms. The van der Waals surface area contributed by atoms with E-state index in [1.54, 1.807) is 14.2 Å². The number of carbonyl (C=O) groups is 2. The summed E-state index contributed by atoms with van der Waals surface area (Å²) in [5.74, 6) is 0.941. The normalized spacial score (nSPS) is 27.1. The molecule has 11 nitrogen and oxygen atoms in total. The third kappa shape index (κ3) is 7.68. The molecule has 0 spiro atoms. The number of aromatic nitrogens is 2. The van der Waals surface area contributed by atoms with Gasteiger partial charge in [0.25, 0.3) is 0 Å². The van der Waals surface area contributed by atoms with Crippen LogP contribution in [0.1, 0.15) is 67.6 Å². The molecule has 2 saturated carbocycles. The predicted molar refractivity (Wildman–Crippen MR) is 210 cm³/mol. The number of nitrogens with one attached hydrogen (secondary N) is 2. The number of amides is 1. The number of carbonyl (C=O) groups excluding carboxylic acids is 1. The Labute approximate surface area is 331 Å². The molecule has 9 rings (SSSR count). The van der Waals surface area contributed by atoms with Crippen LogP contribution >= 0.6 is 23.2 Å². The second-order valence-electron chi connectivity index (χ2n) is 15.4. The maximum Gasteiger partial charge on any atom is 0.308 e. The molecule has 3 saturated heterocycles. The van der Waals surface area contributed by atoms with Crippen LogP contribution in [-0.2, 0) is 22.7 Å². The van der Waals surface area contributed by atoms with Gasteiger partial charge in [-0.2, -0.15) is 4.98 Å². The molecule has 3 aromatic rings. The maximum absolute atomic E-state index is 12.0. The fourth-order valence-electron chi connectivity index (χ4n) is 9.51. The van der Waals surface area contributed by atoms with Gasteiger partial charge in [-0.15, -0.1) is 0 Å². The number of carboxylic acids is 1. The Kier molecular flexibility index (Phi) is 11.1. The highest BCUT2D eigenvalue weighted by atomic mass is 35.5. The van der Waals surface area contributed by atoms with Crippen LogP contribution in [0.2, 0.25) is 10.0 Å². The minimum absolute atomic E-state index is 0.00236. The van der Waals surface area contributed by atoms with Crippen molar-refractivity contribution in [3.63, 3.8) is 0 Å². The van der Waals surface area contributed by atoms with Gasteiger partial charge >= 0.3 is 5.97 Å². The number of halogens is 2. The number of methoxy groups -OCH3 is 2. The quantitative estimate of drug-likeness (QED) is 0.167. The second-order valence-corrected chi connectivity index (χ2v) is 16.2. The summed E-state index contributed by atoms with van der Waals surface area (Å²) in [5.41, 5.74) is 5.51. The van der Waals surface area contributed by atoms with Crippen molar-refractivity contribution in [1.82, 2.24) is 25.5 Å². The summed E-state index contributed by atoms with van der Waals surface area (Å²) >= 11 is 14.1. The number of rotatable bonds is 13. The first-order valence-electron chi connectivity index (χ1n) is 19.3. The molecular formula is C42H47Cl2N5O6. The maximum atomic E-state index is 12.0. The molecule has 290 valence electrons. The van der Waals surface area contributed by atoms with Gasteiger partial charge in [-0.3, -0.25) is 14.5 Å². The Morgan fingerprint density at radius 1 is 1.02 bits per heavy atom. The summed E-state index contributed by atoms with van der Waals surface area (Å²) in [6.07, 6.45) is 12.0. The Morgan fingerprint density at radius 3 is 2.62 bits per heavy atom. The molecule has 3 aliphatic carbocycles. The van der Waals surface area contributed by atoms with Gasteiger partial charge in [0.15, 0.2) is 0 Å². The van der Waals surface area contributed by atoms with Crippen LogP contribution < -0.4 is 24.8 Å². The lowest BCUT2D eigenvalue weighted by Crippen LogP contribution is -2.54. The molecule has 1 aromatic carbocycles. The van der Waals surface area contributed by atoms with Gasteiger partial charge in [-0.05, 0) is 73.6 Å². The fraction of sp³-hybridized carbons (Fsp3) is 0.476. The topological polar surface area (TPSA) is 135 Å². The van der Waals surface area contributed by atoms with E-state index >= 15 is 0 Å². The lowest BCUT2D eigenvalue weighted by Gasteiger charge is -2.48. The molecule has 5 fully saturated rings. The smallest absolute Gasteiger partial charge is 0.308 e. The number of ether oxygens (including phenoxy) is 3. The van der Waals surface area contributed by atoms with E-state index in [1.807, 2.05) is 30.3 Å². The van der Waals surface area contributed by atoms with Crippen molar-refractivity contribution >= 4 is 35.1 Å². The van der Waals surface area contributed by atoms with Crippen molar-refractivity contribution in [2.24, 2.45) is 17.8 Å². The van der Waals surface area contributed by atoms with Gasteiger partial charge in [-0.25, -0.2) is 4.98 Å². The first-order chi connectivity index (χ1) is 26.7. The summed E-state index contributed by atoms with van der Waals surface area (Å²) in [7, 11) is 3.21. The van der Waals surface area contributed by atoms with Crippen LogP contribution in [-0.4, -0.2) is 77.3 Å². The molecule has 0 radical (unpaired) electrons. The van der Waals surface area contributed by atoms with E-state index in [0.717, 1.165) is 73.0 Å². The number of hydrogen-bond donors (Lipinski definition) is 3. The molecule has 5 unspecified atom stereocenters. The van der Waals surface area contributed by atoms with Gasteiger partial charge < -0.3 is 30.0 Å². The molecule has 7 atom stereocenters. The first-order valence-corrected chi connectivity index (χ1v) is 20.0.